The van der Waals surface area contributed by atoms with Gasteiger partial charge in [0.25, 0.3) is 5.56 Å². The van der Waals surface area contributed by atoms with Gasteiger partial charge in [-0.25, -0.2) is 18.4 Å². The first-order valence-electron chi connectivity index (χ1n) is 10.2. The first-order chi connectivity index (χ1) is 14.8. The molecule has 1 N–H and O–H groups in total. The Morgan fingerprint density at radius 1 is 1.06 bits per heavy atom. The van der Waals surface area contributed by atoms with Crippen LogP contribution in [-0.4, -0.2) is 70.0 Å². The van der Waals surface area contributed by atoms with Gasteiger partial charge in [0, 0.05) is 58.4 Å². The molecule has 1 amide bonds. The van der Waals surface area contributed by atoms with Crippen LogP contribution < -0.4 is 21.2 Å². The summed E-state index contributed by atoms with van der Waals surface area (Å²) in [6, 6.07) is 4.63. The molecule has 0 radical (unpaired) electrons. The Morgan fingerprint density at radius 2 is 1.74 bits per heavy atom. The standard InChI is InChI=1S/C20H23FN6O4/c1-22(2)27-18(28)11-17-25(12-3-4-12)16-10-14(13(21)9-15(16)26(17)19(27)29)23-5-7-24(8-6-23)20(30)31/h9-12H,3-8H2,1-2H3,(H,30,31). The Bertz CT molecular complexity index is 1330. The van der Waals surface area contributed by atoms with E-state index in [4.69, 9.17) is 5.11 Å². The van der Waals surface area contributed by atoms with E-state index in [0.717, 1.165) is 17.5 Å². The van der Waals surface area contributed by atoms with Crippen molar-refractivity contribution < 1.29 is 14.3 Å². The highest BCUT2D eigenvalue weighted by atomic mass is 19.1. The van der Waals surface area contributed by atoms with Gasteiger partial charge in [-0.1, -0.05) is 0 Å². The molecule has 1 saturated carbocycles. The van der Waals surface area contributed by atoms with Gasteiger partial charge in [-0.2, -0.15) is 4.68 Å². The summed E-state index contributed by atoms with van der Waals surface area (Å²) in [6.07, 6.45) is 0.870. The zero-order chi connectivity index (χ0) is 22.0. The van der Waals surface area contributed by atoms with Gasteiger partial charge in [0.2, 0.25) is 0 Å². The maximum absolute atomic E-state index is 15.2. The van der Waals surface area contributed by atoms with Gasteiger partial charge in [0.15, 0.2) is 0 Å². The number of amides is 1. The second kappa shape index (κ2) is 6.76. The van der Waals surface area contributed by atoms with Crippen LogP contribution in [-0.2, 0) is 0 Å². The zero-order valence-electron chi connectivity index (χ0n) is 17.3. The number of carbonyl (C=O) groups is 1. The molecule has 0 unspecified atom stereocenters. The Morgan fingerprint density at radius 3 is 2.32 bits per heavy atom. The molecular weight excluding hydrogens is 407 g/mol. The first-order valence-corrected chi connectivity index (χ1v) is 10.2. The fourth-order valence-electron chi connectivity index (χ4n) is 4.43. The molecule has 0 spiro atoms. The van der Waals surface area contributed by atoms with Crippen LogP contribution in [0, 0.1) is 5.82 Å². The summed E-state index contributed by atoms with van der Waals surface area (Å²) >= 11 is 0. The van der Waals surface area contributed by atoms with Crippen LogP contribution in [0.2, 0.25) is 0 Å². The number of hydrogen-bond acceptors (Lipinski definition) is 5. The molecule has 0 atom stereocenters. The van der Waals surface area contributed by atoms with Crippen LogP contribution in [0.25, 0.3) is 16.7 Å². The SMILES string of the molecule is CN(C)n1c(=O)cc2n(C3CC3)c3cc(N4CCN(C(=O)O)CC4)c(F)cc3n2c1=O. The van der Waals surface area contributed by atoms with E-state index < -0.39 is 23.2 Å². The van der Waals surface area contributed by atoms with Crippen molar-refractivity contribution in [2.75, 3.05) is 50.2 Å². The molecule has 3 aromatic rings. The van der Waals surface area contributed by atoms with Crippen molar-refractivity contribution in [1.82, 2.24) is 18.5 Å². The van der Waals surface area contributed by atoms with Crippen molar-refractivity contribution in [2.24, 2.45) is 0 Å². The van der Waals surface area contributed by atoms with Gasteiger partial charge in [-0.15, -0.1) is 0 Å². The molecule has 1 aliphatic carbocycles. The highest BCUT2D eigenvalue weighted by molar-refractivity contribution is 5.86. The smallest absolute Gasteiger partial charge is 0.407 e. The number of halogens is 1. The highest BCUT2D eigenvalue weighted by Crippen LogP contribution is 2.40. The van der Waals surface area contributed by atoms with E-state index >= 15 is 4.39 Å². The van der Waals surface area contributed by atoms with Crippen LogP contribution in [0.4, 0.5) is 14.9 Å². The molecule has 10 nitrogen and oxygen atoms in total. The van der Waals surface area contributed by atoms with Crippen LogP contribution in [0.1, 0.15) is 18.9 Å². The van der Waals surface area contributed by atoms with E-state index in [1.165, 1.54) is 26.4 Å². The number of imidazole rings is 1. The lowest BCUT2D eigenvalue weighted by molar-refractivity contribution is 0.142. The number of fused-ring (bicyclic) bond motifs is 3. The molecular formula is C20H23FN6O4. The molecule has 1 aromatic carbocycles. The van der Waals surface area contributed by atoms with E-state index in [9.17, 15) is 14.4 Å². The molecule has 164 valence electrons. The number of nitrogens with zero attached hydrogens (tertiary/aromatic N) is 6. The predicted octanol–water partition coefficient (Wildman–Crippen LogP) is 0.887. The number of anilines is 1. The topological polar surface area (TPSA) is 95.4 Å². The molecule has 0 bridgehead atoms. The van der Waals surface area contributed by atoms with Crippen molar-refractivity contribution in [1.29, 1.82) is 0 Å². The lowest BCUT2D eigenvalue weighted by atomic mass is 10.2. The van der Waals surface area contributed by atoms with Crippen molar-refractivity contribution >= 4 is 28.5 Å². The number of aromatic nitrogens is 3. The third kappa shape index (κ3) is 2.94. The van der Waals surface area contributed by atoms with Crippen molar-refractivity contribution in [3.8, 4) is 0 Å². The van der Waals surface area contributed by atoms with Gasteiger partial charge in [-0.05, 0) is 18.9 Å². The van der Waals surface area contributed by atoms with Crippen molar-refractivity contribution in [3.63, 3.8) is 0 Å². The summed E-state index contributed by atoms with van der Waals surface area (Å²) in [6.45, 7) is 1.34. The average molecular weight is 430 g/mol. The molecule has 5 rings (SSSR count). The lowest BCUT2D eigenvalue weighted by Crippen LogP contribution is -2.48. The van der Waals surface area contributed by atoms with Gasteiger partial charge in [0.05, 0.1) is 16.7 Å². The number of piperazine rings is 1. The fraction of sp³-hybridized carbons (Fsp3) is 0.450. The second-order valence-electron chi connectivity index (χ2n) is 8.27. The molecule has 1 saturated heterocycles. The summed E-state index contributed by atoms with van der Waals surface area (Å²) in [5.41, 5.74) is 0.945. The number of hydrogen-bond donors (Lipinski definition) is 1. The van der Waals surface area contributed by atoms with Gasteiger partial charge >= 0.3 is 11.8 Å². The molecule has 1 aliphatic heterocycles. The molecule has 2 fully saturated rings. The van der Waals surface area contributed by atoms with E-state index in [1.807, 2.05) is 9.47 Å². The van der Waals surface area contributed by atoms with E-state index in [0.29, 0.717) is 48.5 Å². The Balaban J connectivity index is 1.72. The summed E-state index contributed by atoms with van der Waals surface area (Å²) in [7, 11) is 3.20. The van der Waals surface area contributed by atoms with Gasteiger partial charge in [0.1, 0.15) is 11.5 Å². The largest absolute Gasteiger partial charge is 0.465 e. The van der Waals surface area contributed by atoms with Crippen LogP contribution in [0.3, 0.4) is 0 Å². The van der Waals surface area contributed by atoms with Crippen LogP contribution in [0.5, 0.6) is 0 Å². The summed E-state index contributed by atoms with van der Waals surface area (Å²) in [5, 5.41) is 10.6. The number of carboxylic acid groups (broad SMARTS) is 1. The first kappa shape index (κ1) is 19.5. The third-order valence-corrected chi connectivity index (χ3v) is 6.06. The molecule has 3 heterocycles. The second-order valence-corrected chi connectivity index (χ2v) is 8.27. The molecule has 11 heteroatoms. The Kier molecular flexibility index (Phi) is 4.24. The maximum atomic E-state index is 15.2. The molecule has 31 heavy (non-hydrogen) atoms. The quantitative estimate of drug-likeness (QED) is 0.663. The van der Waals surface area contributed by atoms with Crippen molar-refractivity contribution in [2.45, 2.75) is 18.9 Å². The number of benzene rings is 1. The van der Waals surface area contributed by atoms with Crippen LogP contribution >= 0.6 is 0 Å². The van der Waals surface area contributed by atoms with E-state index in [1.54, 1.807) is 20.2 Å². The van der Waals surface area contributed by atoms with Gasteiger partial charge in [-0.3, -0.25) is 4.79 Å². The minimum Gasteiger partial charge on any atom is -0.465 e. The van der Waals surface area contributed by atoms with Crippen molar-refractivity contribution in [3.05, 3.63) is 44.9 Å². The summed E-state index contributed by atoms with van der Waals surface area (Å²) in [5.74, 6) is -0.486. The zero-order valence-corrected chi connectivity index (χ0v) is 17.3. The maximum Gasteiger partial charge on any atom is 0.407 e. The van der Waals surface area contributed by atoms with E-state index in [-0.39, 0.29) is 6.04 Å². The van der Waals surface area contributed by atoms with E-state index in [2.05, 4.69) is 0 Å². The Hall–Kier alpha value is -3.50. The average Bonchev–Trinajstić information content (AvgIpc) is 3.49. The minimum atomic E-state index is -0.980. The molecule has 2 aromatic heterocycles. The Labute approximate surface area is 175 Å². The van der Waals surface area contributed by atoms with Gasteiger partial charge < -0.3 is 24.5 Å². The monoisotopic (exact) mass is 430 g/mol. The van der Waals surface area contributed by atoms with Crippen LogP contribution in [0.15, 0.2) is 27.8 Å². The normalized spacial score (nSPS) is 17.0. The number of rotatable bonds is 3. The summed E-state index contributed by atoms with van der Waals surface area (Å²) < 4.78 is 19.6. The molecule has 2 aliphatic rings. The lowest BCUT2D eigenvalue weighted by Gasteiger charge is -2.34. The highest BCUT2D eigenvalue weighted by Gasteiger charge is 2.30. The predicted molar refractivity (Wildman–Crippen MR) is 114 cm³/mol. The summed E-state index contributed by atoms with van der Waals surface area (Å²) in [4.78, 5) is 40.0. The minimum absolute atomic E-state index is 0.156. The fourth-order valence-corrected chi connectivity index (χ4v) is 4.43. The third-order valence-electron chi connectivity index (χ3n) is 6.06.